The van der Waals surface area contributed by atoms with Gasteiger partial charge in [0.15, 0.2) is 0 Å². The fraction of sp³-hybridized carbons (Fsp3) is 0.640. The Labute approximate surface area is 188 Å². The van der Waals surface area contributed by atoms with E-state index >= 15 is 0 Å². The third-order valence-electron chi connectivity index (χ3n) is 7.34. The van der Waals surface area contributed by atoms with Gasteiger partial charge < -0.3 is 10.2 Å². The van der Waals surface area contributed by atoms with E-state index in [4.69, 9.17) is 0 Å². The van der Waals surface area contributed by atoms with Gasteiger partial charge in [0.25, 0.3) is 0 Å². The fourth-order valence-corrected chi connectivity index (χ4v) is 5.22. The van der Waals surface area contributed by atoms with Crippen molar-refractivity contribution in [1.29, 1.82) is 0 Å². The van der Waals surface area contributed by atoms with Crippen molar-refractivity contribution < 1.29 is 18.0 Å². The van der Waals surface area contributed by atoms with Crippen molar-refractivity contribution in [3.8, 4) is 0 Å². The van der Waals surface area contributed by atoms with E-state index in [1.807, 2.05) is 0 Å². The Hall–Kier alpha value is -2.02. The number of anilines is 1. The number of carbonyl (C=O) groups excluding carboxylic acids is 1. The van der Waals surface area contributed by atoms with Crippen LogP contribution in [0.25, 0.3) is 0 Å². The molecule has 0 spiro atoms. The van der Waals surface area contributed by atoms with Crippen LogP contribution in [-0.4, -0.2) is 49.6 Å². The van der Waals surface area contributed by atoms with Crippen molar-refractivity contribution in [2.45, 2.75) is 57.2 Å². The minimum Gasteiger partial charge on any atom is -0.369 e. The Morgan fingerprint density at radius 1 is 1.00 bits per heavy atom. The number of nitrogens with zero attached hydrogens (tertiary/aromatic N) is 2. The zero-order valence-corrected chi connectivity index (χ0v) is 18.6. The van der Waals surface area contributed by atoms with Gasteiger partial charge in [0, 0.05) is 43.8 Å². The molecule has 7 heteroatoms. The Bertz CT molecular complexity index is 786. The quantitative estimate of drug-likeness (QED) is 0.630. The van der Waals surface area contributed by atoms with Gasteiger partial charge in [0.1, 0.15) is 0 Å². The summed E-state index contributed by atoms with van der Waals surface area (Å²) in [7, 11) is 0. The second-order valence-corrected chi connectivity index (χ2v) is 9.53. The highest BCUT2D eigenvalue weighted by molar-refractivity contribution is 5.79. The Balaban J connectivity index is 1.14. The van der Waals surface area contributed by atoms with Gasteiger partial charge >= 0.3 is 6.18 Å². The van der Waals surface area contributed by atoms with E-state index in [2.05, 4.69) is 27.3 Å². The summed E-state index contributed by atoms with van der Waals surface area (Å²) in [6, 6.07) is 5.98. The number of benzene rings is 1. The summed E-state index contributed by atoms with van der Waals surface area (Å²) in [4.78, 5) is 16.8. The number of hydrogen-bond donors (Lipinski definition) is 1. The number of alkyl halides is 3. The van der Waals surface area contributed by atoms with Crippen LogP contribution in [-0.2, 0) is 11.0 Å². The van der Waals surface area contributed by atoms with Crippen LogP contribution in [0.4, 0.5) is 18.9 Å². The minimum atomic E-state index is -4.30. The number of allylic oxidation sites excluding steroid dienone is 2. The summed E-state index contributed by atoms with van der Waals surface area (Å²) >= 11 is 0. The molecule has 1 amide bonds. The molecule has 1 heterocycles. The molecule has 1 saturated heterocycles. The molecule has 176 valence electrons. The smallest absolute Gasteiger partial charge is 0.369 e. The van der Waals surface area contributed by atoms with E-state index in [0.29, 0.717) is 17.6 Å². The van der Waals surface area contributed by atoms with Gasteiger partial charge in [0.2, 0.25) is 5.91 Å². The molecule has 1 saturated carbocycles. The predicted octanol–water partition coefficient (Wildman–Crippen LogP) is 4.86. The molecule has 32 heavy (non-hydrogen) atoms. The van der Waals surface area contributed by atoms with E-state index in [-0.39, 0.29) is 11.8 Å². The second-order valence-electron chi connectivity index (χ2n) is 9.53. The maximum atomic E-state index is 13.0. The molecule has 1 aromatic rings. The molecule has 0 bridgehead atoms. The van der Waals surface area contributed by atoms with Gasteiger partial charge in [-0.3, -0.25) is 9.69 Å². The van der Waals surface area contributed by atoms with Crippen molar-refractivity contribution >= 4 is 11.6 Å². The van der Waals surface area contributed by atoms with E-state index in [1.165, 1.54) is 12.1 Å². The first-order valence-electron chi connectivity index (χ1n) is 12.0. The van der Waals surface area contributed by atoms with Crippen LogP contribution >= 0.6 is 0 Å². The van der Waals surface area contributed by atoms with Crippen LogP contribution < -0.4 is 10.2 Å². The maximum Gasteiger partial charge on any atom is 0.416 e. The largest absolute Gasteiger partial charge is 0.416 e. The van der Waals surface area contributed by atoms with Crippen LogP contribution in [0, 0.1) is 11.8 Å². The number of rotatable bonds is 6. The molecule has 4 nitrogen and oxygen atoms in total. The highest BCUT2D eigenvalue weighted by Gasteiger charge is 2.31. The van der Waals surface area contributed by atoms with Crippen LogP contribution in [0.15, 0.2) is 36.4 Å². The van der Waals surface area contributed by atoms with Gasteiger partial charge in [-0.05, 0) is 75.6 Å². The highest BCUT2D eigenvalue weighted by atomic mass is 19.4. The van der Waals surface area contributed by atoms with E-state index in [9.17, 15) is 18.0 Å². The lowest BCUT2D eigenvalue weighted by Gasteiger charge is -2.37. The number of hydrogen-bond acceptors (Lipinski definition) is 3. The topological polar surface area (TPSA) is 35.6 Å². The third kappa shape index (κ3) is 6.06. The number of amides is 1. The summed E-state index contributed by atoms with van der Waals surface area (Å²) in [6.45, 7) is 4.34. The summed E-state index contributed by atoms with van der Waals surface area (Å²) in [6.07, 6.45) is 7.28. The minimum absolute atomic E-state index is 0.141. The van der Waals surface area contributed by atoms with Crippen LogP contribution in [0.5, 0.6) is 0 Å². The van der Waals surface area contributed by atoms with Crippen LogP contribution in [0.3, 0.4) is 0 Å². The maximum absolute atomic E-state index is 13.0. The van der Waals surface area contributed by atoms with E-state index in [0.717, 1.165) is 83.7 Å². The molecule has 4 rings (SSSR count). The summed E-state index contributed by atoms with van der Waals surface area (Å²) < 4.78 is 38.9. The number of carbonyl (C=O) groups is 1. The molecule has 2 aliphatic carbocycles. The first kappa shape index (κ1) is 23.1. The fourth-order valence-electron chi connectivity index (χ4n) is 5.22. The normalized spacial score (nSPS) is 25.3. The lowest BCUT2D eigenvalue weighted by Crippen LogP contribution is -2.47. The lowest BCUT2D eigenvalue weighted by atomic mass is 9.83. The first-order chi connectivity index (χ1) is 15.4. The second kappa shape index (κ2) is 10.3. The SMILES string of the molecule is O=C(NC1CCC(CCN2CCN(c3cccc(C(F)(F)F)c3)CC2)CC1)C1CC=CC1. The lowest BCUT2D eigenvalue weighted by molar-refractivity contribution is -0.137. The molecule has 2 fully saturated rings. The zero-order chi connectivity index (χ0) is 22.6. The Kier molecular flexibility index (Phi) is 7.44. The van der Waals surface area contributed by atoms with Gasteiger partial charge in [-0.25, -0.2) is 0 Å². The van der Waals surface area contributed by atoms with E-state index < -0.39 is 11.7 Å². The predicted molar refractivity (Wildman–Crippen MR) is 120 cm³/mol. The molecule has 1 aliphatic heterocycles. The Morgan fingerprint density at radius 3 is 2.34 bits per heavy atom. The van der Waals surface area contributed by atoms with Crippen molar-refractivity contribution in [3.63, 3.8) is 0 Å². The molecule has 0 aromatic heterocycles. The van der Waals surface area contributed by atoms with Gasteiger partial charge in [-0.2, -0.15) is 13.2 Å². The van der Waals surface area contributed by atoms with Crippen molar-refractivity contribution in [1.82, 2.24) is 10.2 Å². The zero-order valence-electron chi connectivity index (χ0n) is 18.6. The monoisotopic (exact) mass is 449 g/mol. The summed E-state index contributed by atoms with van der Waals surface area (Å²) in [5.74, 6) is 1.07. The average molecular weight is 450 g/mol. The molecule has 3 aliphatic rings. The standard InChI is InChI=1S/C25H34F3N3O/c26-25(27,28)21-6-3-7-23(18-21)31-16-14-30(15-17-31)13-12-19-8-10-22(11-9-19)29-24(32)20-4-1-2-5-20/h1-3,6-7,18-20,22H,4-5,8-17H2,(H,29,32). The molecule has 0 atom stereocenters. The number of nitrogens with one attached hydrogen (secondary N) is 1. The third-order valence-corrected chi connectivity index (χ3v) is 7.34. The highest BCUT2D eigenvalue weighted by Crippen LogP contribution is 2.32. The first-order valence-corrected chi connectivity index (χ1v) is 12.0. The van der Waals surface area contributed by atoms with Gasteiger partial charge in [-0.1, -0.05) is 18.2 Å². The van der Waals surface area contributed by atoms with Crippen molar-refractivity contribution in [2.75, 3.05) is 37.6 Å². The van der Waals surface area contributed by atoms with E-state index in [1.54, 1.807) is 6.07 Å². The molecular formula is C25H34F3N3O. The van der Waals surface area contributed by atoms with Crippen molar-refractivity contribution in [3.05, 3.63) is 42.0 Å². The molecule has 0 radical (unpaired) electrons. The van der Waals surface area contributed by atoms with Gasteiger partial charge in [0.05, 0.1) is 5.56 Å². The molecule has 1 N–H and O–H groups in total. The Morgan fingerprint density at radius 2 is 1.69 bits per heavy atom. The van der Waals surface area contributed by atoms with Gasteiger partial charge in [-0.15, -0.1) is 0 Å². The summed E-state index contributed by atoms with van der Waals surface area (Å²) in [5.41, 5.74) is 0.0809. The number of halogens is 3. The molecule has 0 unspecified atom stereocenters. The summed E-state index contributed by atoms with van der Waals surface area (Å²) in [5, 5.41) is 3.26. The van der Waals surface area contributed by atoms with Crippen molar-refractivity contribution in [2.24, 2.45) is 11.8 Å². The molecule has 1 aromatic carbocycles. The van der Waals surface area contributed by atoms with Crippen LogP contribution in [0.2, 0.25) is 0 Å². The molecular weight excluding hydrogens is 415 g/mol. The average Bonchev–Trinajstić information content (AvgIpc) is 3.34. The number of piperazine rings is 1. The van der Waals surface area contributed by atoms with Crippen LogP contribution in [0.1, 0.15) is 50.5 Å².